The van der Waals surface area contributed by atoms with Gasteiger partial charge in [0.25, 0.3) is 0 Å². The summed E-state index contributed by atoms with van der Waals surface area (Å²) in [6, 6.07) is 0.500. The number of rotatable bonds is 5. The lowest BCUT2D eigenvalue weighted by atomic mass is 9.44. The number of hydrogen-bond acceptors (Lipinski definition) is 8. The molecule has 2 heterocycles. The van der Waals surface area contributed by atoms with E-state index < -0.39 is 0 Å². The van der Waals surface area contributed by atoms with E-state index in [1.54, 1.807) is 13.8 Å². The van der Waals surface area contributed by atoms with E-state index in [1.165, 1.54) is 26.2 Å². The zero-order valence-corrected chi connectivity index (χ0v) is 31.1. The summed E-state index contributed by atoms with van der Waals surface area (Å²) >= 11 is 0. The number of fused-ring (bicyclic) bond motifs is 5. The Bertz CT molecular complexity index is 1130. The van der Waals surface area contributed by atoms with Crippen LogP contribution in [0.15, 0.2) is 0 Å². The minimum absolute atomic E-state index is 0. The molecule has 0 N–H and O–H groups in total. The average molecular weight is 711 g/mol. The molecular weight excluding hydrogens is 650 g/mol. The first-order chi connectivity index (χ1) is 21.2. The van der Waals surface area contributed by atoms with Crippen LogP contribution < -0.4 is 17.0 Å². The van der Waals surface area contributed by atoms with E-state index >= 15 is 0 Å². The van der Waals surface area contributed by atoms with Crippen molar-refractivity contribution in [3.63, 3.8) is 0 Å². The first kappa shape index (κ1) is 36.1. The van der Waals surface area contributed by atoms with Crippen molar-refractivity contribution >= 4 is 17.9 Å². The van der Waals surface area contributed by atoms with Crippen LogP contribution in [0.5, 0.6) is 0 Å². The quantitative estimate of drug-likeness (QED) is 0.240. The fourth-order valence-corrected chi connectivity index (χ4v) is 11.6. The number of halogens is 1. The number of likely N-dealkylation sites (tertiary alicyclic amines) is 1. The number of carbonyl (C=O) groups is 3. The van der Waals surface area contributed by atoms with Gasteiger partial charge in [0, 0.05) is 64.4 Å². The molecule has 0 radical (unpaired) electrons. The molecule has 0 aromatic rings. The van der Waals surface area contributed by atoms with E-state index in [-0.39, 0.29) is 70.1 Å². The molecule has 0 aromatic carbocycles. The minimum Gasteiger partial charge on any atom is -1.00 e. The predicted octanol–water partition coefficient (Wildman–Crippen LogP) is 1.27. The summed E-state index contributed by atoms with van der Waals surface area (Å²) in [5, 5.41) is 0. The predicted molar refractivity (Wildman–Crippen MR) is 171 cm³/mol. The SMILES string of the molecule is CC(=O)OC1CCN([C@H]2C[C@@]3(C)[C@@H](CC[C@@H]4[C@@H]3CC[C@@]3(C)[C@H]4C[C@H](N4CC[N+](C)(C)CC4)[C@@H]3OC(C)=O)C[C@@H]2OC(C)=O)CC1.[Br-]. The highest BCUT2D eigenvalue weighted by molar-refractivity contribution is 5.67. The summed E-state index contributed by atoms with van der Waals surface area (Å²) in [5.74, 6) is 1.84. The van der Waals surface area contributed by atoms with Gasteiger partial charge >= 0.3 is 17.9 Å². The molecule has 2 aliphatic heterocycles. The third-order valence-electron chi connectivity index (χ3n) is 13.9. The second-order valence-corrected chi connectivity index (χ2v) is 17.0. The Kier molecular flexibility index (Phi) is 10.6. The van der Waals surface area contributed by atoms with Crippen molar-refractivity contribution in [1.82, 2.24) is 9.80 Å². The highest BCUT2D eigenvalue weighted by Gasteiger charge is 2.65. The van der Waals surface area contributed by atoms with Crippen LogP contribution in [0.25, 0.3) is 0 Å². The van der Waals surface area contributed by atoms with Gasteiger partial charge in [0.05, 0.1) is 27.2 Å². The molecule has 0 unspecified atom stereocenters. The summed E-state index contributed by atoms with van der Waals surface area (Å²) in [6.07, 6.45) is 9.35. The fourth-order valence-electron chi connectivity index (χ4n) is 11.6. The zero-order chi connectivity index (χ0) is 32.3. The lowest BCUT2D eigenvalue weighted by molar-refractivity contribution is -0.894. The van der Waals surface area contributed by atoms with Gasteiger partial charge in [-0.25, -0.2) is 0 Å². The van der Waals surface area contributed by atoms with Crippen LogP contribution in [0.4, 0.5) is 0 Å². The second kappa shape index (κ2) is 13.6. The van der Waals surface area contributed by atoms with Gasteiger partial charge in [0.15, 0.2) is 0 Å². The third-order valence-corrected chi connectivity index (χ3v) is 13.9. The number of quaternary nitrogens is 1. The number of nitrogens with zero attached hydrogens (tertiary/aromatic N) is 3. The van der Waals surface area contributed by atoms with Crippen molar-refractivity contribution in [3.8, 4) is 0 Å². The second-order valence-electron chi connectivity index (χ2n) is 17.0. The first-order valence-corrected chi connectivity index (χ1v) is 18.0. The Balaban J connectivity index is 0.00000417. The van der Waals surface area contributed by atoms with Crippen molar-refractivity contribution in [2.45, 2.75) is 123 Å². The topological polar surface area (TPSA) is 85.4 Å². The molecule has 46 heavy (non-hydrogen) atoms. The highest BCUT2D eigenvalue weighted by Crippen LogP contribution is 2.67. The maximum Gasteiger partial charge on any atom is 0.302 e. The van der Waals surface area contributed by atoms with Gasteiger partial charge < -0.3 is 35.7 Å². The van der Waals surface area contributed by atoms with E-state index in [1.807, 2.05) is 0 Å². The molecule has 6 aliphatic rings. The molecule has 262 valence electrons. The summed E-state index contributed by atoms with van der Waals surface area (Å²) < 4.78 is 19.0. The van der Waals surface area contributed by atoms with E-state index in [9.17, 15) is 14.4 Å². The molecule has 0 spiro atoms. The molecule has 10 heteroatoms. The van der Waals surface area contributed by atoms with Gasteiger partial charge in [-0.2, -0.15) is 0 Å². The Hall–Kier alpha value is -1.23. The number of piperazine rings is 1. The van der Waals surface area contributed by atoms with Crippen molar-refractivity contribution in [3.05, 3.63) is 0 Å². The molecule has 4 aliphatic carbocycles. The molecule has 9 nitrogen and oxygen atoms in total. The van der Waals surface area contributed by atoms with Crippen LogP contribution in [0.3, 0.4) is 0 Å². The van der Waals surface area contributed by atoms with E-state index in [0.29, 0.717) is 29.7 Å². The number of ether oxygens (including phenoxy) is 3. The van der Waals surface area contributed by atoms with Crippen molar-refractivity contribution < 1.29 is 50.1 Å². The molecule has 4 saturated carbocycles. The highest BCUT2D eigenvalue weighted by atomic mass is 79.9. The largest absolute Gasteiger partial charge is 1.00 e. The standard InChI is InChI=1S/C36H60N3O6.BrH/c1-23(40)43-27-11-14-37(15-12-27)32-22-36(5)26(20-33(32)44-24(2)41)8-9-28-29(36)10-13-35(4)30(28)21-31(34(35)45-25(3)42)38-16-18-39(6,7)19-17-38;/h26-34H,8-22H2,1-7H3;1H/q+1;/p-1/t26-,28+,29-,30-,31-,32-,33-,34-,35-,36-;/m0./s1. The summed E-state index contributed by atoms with van der Waals surface area (Å²) in [5.41, 5.74) is 0.190. The van der Waals surface area contributed by atoms with Gasteiger partial charge in [-0.15, -0.1) is 0 Å². The smallest absolute Gasteiger partial charge is 0.302 e. The number of piperidine rings is 1. The van der Waals surface area contributed by atoms with Crippen LogP contribution in [0, 0.1) is 34.5 Å². The summed E-state index contributed by atoms with van der Waals surface area (Å²) in [6.45, 7) is 15.8. The maximum absolute atomic E-state index is 12.5. The van der Waals surface area contributed by atoms with Crippen LogP contribution >= 0.6 is 0 Å². The monoisotopic (exact) mass is 709 g/mol. The van der Waals surface area contributed by atoms with Crippen LogP contribution in [0.2, 0.25) is 0 Å². The summed E-state index contributed by atoms with van der Waals surface area (Å²) in [7, 11) is 4.65. The van der Waals surface area contributed by atoms with E-state index in [4.69, 9.17) is 14.2 Å². The van der Waals surface area contributed by atoms with Crippen molar-refractivity contribution in [1.29, 1.82) is 0 Å². The molecule has 0 bridgehead atoms. The molecular formula is C36H60BrN3O6. The number of hydrogen-bond donors (Lipinski definition) is 0. The molecule has 6 rings (SSSR count). The van der Waals surface area contributed by atoms with Crippen molar-refractivity contribution in [2.75, 3.05) is 53.4 Å². The van der Waals surface area contributed by atoms with Gasteiger partial charge in [0.1, 0.15) is 18.3 Å². The van der Waals surface area contributed by atoms with Gasteiger partial charge in [-0.3, -0.25) is 24.2 Å². The third kappa shape index (κ3) is 6.80. The molecule has 0 aromatic heterocycles. The first-order valence-electron chi connectivity index (χ1n) is 18.0. The van der Waals surface area contributed by atoms with Crippen LogP contribution in [-0.4, -0.2) is 116 Å². The van der Waals surface area contributed by atoms with Crippen molar-refractivity contribution in [2.24, 2.45) is 34.5 Å². The molecule has 0 amide bonds. The Morgan fingerprint density at radius 2 is 1.30 bits per heavy atom. The van der Waals surface area contributed by atoms with Gasteiger partial charge in [-0.1, -0.05) is 13.8 Å². The van der Waals surface area contributed by atoms with Crippen LogP contribution in [-0.2, 0) is 28.6 Å². The molecule has 2 saturated heterocycles. The van der Waals surface area contributed by atoms with E-state index in [0.717, 1.165) is 82.3 Å². The number of esters is 3. The average Bonchev–Trinajstić information content (AvgIpc) is 3.24. The zero-order valence-electron chi connectivity index (χ0n) is 29.5. The van der Waals surface area contributed by atoms with Gasteiger partial charge in [-0.05, 0) is 86.9 Å². The molecule has 10 atom stereocenters. The fraction of sp³-hybridized carbons (Fsp3) is 0.917. The number of likely N-dealkylation sites (N-methyl/N-ethyl adjacent to an activating group) is 1. The Morgan fingerprint density at radius 3 is 1.91 bits per heavy atom. The number of carbonyl (C=O) groups excluding carboxylic acids is 3. The maximum atomic E-state index is 12.5. The summed E-state index contributed by atoms with van der Waals surface area (Å²) in [4.78, 5) is 41.6. The van der Waals surface area contributed by atoms with Gasteiger partial charge in [0.2, 0.25) is 0 Å². The van der Waals surface area contributed by atoms with E-state index in [2.05, 4.69) is 37.7 Å². The Morgan fingerprint density at radius 1 is 0.696 bits per heavy atom. The van der Waals surface area contributed by atoms with Crippen LogP contribution in [0.1, 0.15) is 92.4 Å². The molecule has 6 fully saturated rings. The lowest BCUT2D eigenvalue weighted by Crippen LogP contribution is -3.00. The normalized spacial score (nSPS) is 42.8. The minimum atomic E-state index is -0.204. The Labute approximate surface area is 287 Å². The lowest BCUT2D eigenvalue weighted by Gasteiger charge is -2.62.